The van der Waals surface area contributed by atoms with Crippen molar-refractivity contribution in [3.8, 4) is 0 Å². The van der Waals surface area contributed by atoms with Gasteiger partial charge in [-0.2, -0.15) is 13.2 Å². The van der Waals surface area contributed by atoms with Crippen molar-refractivity contribution in [1.29, 1.82) is 0 Å². The van der Waals surface area contributed by atoms with Gasteiger partial charge in [0, 0.05) is 18.0 Å². The van der Waals surface area contributed by atoms with Gasteiger partial charge in [0.1, 0.15) is 0 Å². The molecule has 0 radical (unpaired) electrons. The SMILES string of the molecule is FC(F)(F)Cc1c[nH]c2cccnc12. The summed E-state index contributed by atoms with van der Waals surface area (Å²) in [6.45, 7) is 0. The molecule has 2 rings (SSSR count). The number of alkyl halides is 3. The molecule has 0 atom stereocenters. The van der Waals surface area contributed by atoms with Crippen LogP contribution in [0.3, 0.4) is 0 Å². The van der Waals surface area contributed by atoms with Gasteiger partial charge in [-0.25, -0.2) is 0 Å². The van der Waals surface area contributed by atoms with Crippen LogP contribution in [-0.4, -0.2) is 16.1 Å². The van der Waals surface area contributed by atoms with E-state index in [1.165, 1.54) is 12.4 Å². The number of aromatic nitrogens is 2. The van der Waals surface area contributed by atoms with Crippen LogP contribution in [-0.2, 0) is 6.42 Å². The third kappa shape index (κ3) is 1.71. The number of halogens is 3. The van der Waals surface area contributed by atoms with Gasteiger partial charge < -0.3 is 4.98 Å². The molecule has 0 aliphatic rings. The van der Waals surface area contributed by atoms with Gasteiger partial charge in [0.2, 0.25) is 0 Å². The maximum atomic E-state index is 12.1. The van der Waals surface area contributed by atoms with Crippen LogP contribution in [0.4, 0.5) is 13.2 Å². The zero-order chi connectivity index (χ0) is 10.2. The van der Waals surface area contributed by atoms with Crippen molar-refractivity contribution in [2.45, 2.75) is 12.6 Å². The summed E-state index contributed by atoms with van der Waals surface area (Å²) < 4.78 is 36.3. The molecule has 0 saturated carbocycles. The van der Waals surface area contributed by atoms with E-state index in [0.29, 0.717) is 11.0 Å². The van der Waals surface area contributed by atoms with Crippen molar-refractivity contribution >= 4 is 11.0 Å². The molecule has 0 aliphatic carbocycles. The molecule has 0 saturated heterocycles. The second-order valence-corrected chi connectivity index (χ2v) is 3.01. The highest BCUT2D eigenvalue weighted by atomic mass is 19.4. The maximum Gasteiger partial charge on any atom is 0.393 e. The Bertz CT molecular complexity index is 444. The van der Waals surface area contributed by atoms with E-state index in [2.05, 4.69) is 9.97 Å². The summed E-state index contributed by atoms with van der Waals surface area (Å²) in [6.07, 6.45) is -2.29. The number of pyridine rings is 1. The molecule has 0 aromatic carbocycles. The van der Waals surface area contributed by atoms with Gasteiger partial charge in [0.25, 0.3) is 0 Å². The van der Waals surface area contributed by atoms with Crippen LogP contribution in [0, 0.1) is 0 Å². The second-order valence-electron chi connectivity index (χ2n) is 3.01. The fourth-order valence-corrected chi connectivity index (χ4v) is 1.36. The van der Waals surface area contributed by atoms with Crippen molar-refractivity contribution in [1.82, 2.24) is 9.97 Å². The average Bonchev–Trinajstić information content (AvgIpc) is 2.47. The van der Waals surface area contributed by atoms with Crippen LogP contribution in [0.15, 0.2) is 24.5 Å². The Morgan fingerprint density at radius 3 is 2.86 bits per heavy atom. The number of hydrogen-bond donors (Lipinski definition) is 1. The minimum Gasteiger partial charge on any atom is -0.360 e. The number of rotatable bonds is 1. The van der Waals surface area contributed by atoms with E-state index < -0.39 is 12.6 Å². The Morgan fingerprint density at radius 1 is 1.36 bits per heavy atom. The lowest BCUT2D eigenvalue weighted by molar-refractivity contribution is -0.127. The third-order valence-corrected chi connectivity index (χ3v) is 1.90. The van der Waals surface area contributed by atoms with Crippen LogP contribution >= 0.6 is 0 Å². The summed E-state index contributed by atoms with van der Waals surface area (Å²) in [5.74, 6) is 0. The molecular formula is C9H7F3N2. The van der Waals surface area contributed by atoms with E-state index in [4.69, 9.17) is 0 Å². The largest absolute Gasteiger partial charge is 0.393 e. The topological polar surface area (TPSA) is 28.7 Å². The highest BCUT2D eigenvalue weighted by Gasteiger charge is 2.29. The van der Waals surface area contributed by atoms with Crippen LogP contribution in [0.25, 0.3) is 11.0 Å². The summed E-state index contributed by atoms with van der Waals surface area (Å²) in [5.41, 5.74) is 1.21. The molecule has 0 fully saturated rings. The number of nitrogens with zero attached hydrogens (tertiary/aromatic N) is 1. The first kappa shape index (κ1) is 9.05. The van der Waals surface area contributed by atoms with E-state index in [-0.39, 0.29) is 5.56 Å². The number of aromatic amines is 1. The molecule has 14 heavy (non-hydrogen) atoms. The number of hydrogen-bond acceptors (Lipinski definition) is 1. The average molecular weight is 200 g/mol. The Labute approximate surface area is 77.8 Å². The van der Waals surface area contributed by atoms with E-state index in [1.807, 2.05) is 0 Å². The molecule has 2 heterocycles. The van der Waals surface area contributed by atoms with Crippen LogP contribution in [0.2, 0.25) is 0 Å². The van der Waals surface area contributed by atoms with Gasteiger partial charge in [-0.15, -0.1) is 0 Å². The second kappa shape index (κ2) is 3.01. The zero-order valence-corrected chi connectivity index (χ0v) is 7.10. The fourth-order valence-electron chi connectivity index (χ4n) is 1.36. The van der Waals surface area contributed by atoms with Gasteiger partial charge in [-0.1, -0.05) is 0 Å². The van der Waals surface area contributed by atoms with Gasteiger partial charge in [-0.3, -0.25) is 4.98 Å². The van der Waals surface area contributed by atoms with E-state index in [9.17, 15) is 13.2 Å². The molecule has 0 spiro atoms. The molecule has 0 unspecified atom stereocenters. The molecular weight excluding hydrogens is 193 g/mol. The standard InChI is InChI=1S/C9H7F3N2/c10-9(11,12)4-6-5-14-7-2-1-3-13-8(6)7/h1-3,5,14H,4H2. The van der Waals surface area contributed by atoms with Crippen molar-refractivity contribution < 1.29 is 13.2 Å². The summed E-state index contributed by atoms with van der Waals surface area (Å²) in [7, 11) is 0. The van der Waals surface area contributed by atoms with E-state index in [1.54, 1.807) is 12.1 Å². The zero-order valence-electron chi connectivity index (χ0n) is 7.10. The third-order valence-electron chi connectivity index (χ3n) is 1.90. The minimum atomic E-state index is -4.19. The number of H-pyrrole nitrogens is 1. The molecule has 1 N–H and O–H groups in total. The number of nitrogens with one attached hydrogen (secondary N) is 1. The quantitative estimate of drug-likeness (QED) is 0.753. The van der Waals surface area contributed by atoms with Gasteiger partial charge in [0.15, 0.2) is 0 Å². The van der Waals surface area contributed by atoms with Gasteiger partial charge >= 0.3 is 6.18 Å². The Kier molecular flexibility index (Phi) is 1.94. The first-order valence-corrected chi connectivity index (χ1v) is 4.04. The fraction of sp³-hybridized carbons (Fsp3) is 0.222. The van der Waals surface area contributed by atoms with Crippen LogP contribution in [0.1, 0.15) is 5.56 Å². The molecule has 0 aliphatic heterocycles. The lowest BCUT2D eigenvalue weighted by Gasteiger charge is -2.03. The first-order valence-electron chi connectivity index (χ1n) is 4.04. The lowest BCUT2D eigenvalue weighted by Crippen LogP contribution is -2.11. The monoisotopic (exact) mass is 200 g/mol. The van der Waals surface area contributed by atoms with Crippen LogP contribution in [0.5, 0.6) is 0 Å². The predicted octanol–water partition coefficient (Wildman–Crippen LogP) is 2.67. The molecule has 0 amide bonds. The minimum absolute atomic E-state index is 0.188. The Morgan fingerprint density at radius 2 is 2.14 bits per heavy atom. The van der Waals surface area contributed by atoms with E-state index in [0.717, 1.165) is 0 Å². The van der Waals surface area contributed by atoms with Crippen molar-refractivity contribution in [2.75, 3.05) is 0 Å². The maximum absolute atomic E-state index is 12.1. The Balaban J connectivity index is 2.44. The summed E-state index contributed by atoms with van der Waals surface area (Å²) in [6, 6.07) is 3.37. The number of fused-ring (bicyclic) bond motifs is 1. The molecule has 0 bridgehead atoms. The summed E-state index contributed by atoms with van der Waals surface area (Å²) in [5, 5.41) is 0. The summed E-state index contributed by atoms with van der Waals surface area (Å²) >= 11 is 0. The van der Waals surface area contributed by atoms with Crippen molar-refractivity contribution in [3.63, 3.8) is 0 Å². The first-order chi connectivity index (χ1) is 6.56. The summed E-state index contributed by atoms with van der Waals surface area (Å²) in [4.78, 5) is 6.64. The van der Waals surface area contributed by atoms with Crippen molar-refractivity contribution in [3.05, 3.63) is 30.1 Å². The highest BCUT2D eigenvalue weighted by molar-refractivity contribution is 5.78. The predicted molar refractivity (Wildman–Crippen MR) is 45.9 cm³/mol. The highest BCUT2D eigenvalue weighted by Crippen LogP contribution is 2.25. The Hall–Kier alpha value is -1.52. The molecule has 2 aromatic heterocycles. The van der Waals surface area contributed by atoms with Crippen molar-refractivity contribution in [2.24, 2.45) is 0 Å². The molecule has 2 aromatic rings. The lowest BCUT2D eigenvalue weighted by atomic mass is 10.2. The smallest absolute Gasteiger partial charge is 0.360 e. The van der Waals surface area contributed by atoms with E-state index >= 15 is 0 Å². The molecule has 2 nitrogen and oxygen atoms in total. The normalized spacial score (nSPS) is 12.2. The van der Waals surface area contributed by atoms with Gasteiger partial charge in [0.05, 0.1) is 17.5 Å². The molecule has 74 valence electrons. The van der Waals surface area contributed by atoms with Crippen LogP contribution < -0.4 is 0 Å². The molecule has 5 heteroatoms. The van der Waals surface area contributed by atoms with Gasteiger partial charge in [-0.05, 0) is 12.1 Å².